The van der Waals surface area contributed by atoms with Crippen molar-refractivity contribution in [1.29, 1.82) is 0 Å². The molecule has 68 valence electrons. The second-order valence-electron chi connectivity index (χ2n) is 2.66. The van der Waals surface area contributed by atoms with Gasteiger partial charge >= 0.3 is 0 Å². The molecule has 0 aliphatic heterocycles. The third-order valence-electron chi connectivity index (χ3n) is 1.67. The van der Waals surface area contributed by atoms with Crippen molar-refractivity contribution in [2.75, 3.05) is 25.1 Å². The van der Waals surface area contributed by atoms with Crippen LogP contribution >= 0.6 is 11.8 Å². The Morgan fingerprint density at radius 2 is 2.27 bits per heavy atom. The van der Waals surface area contributed by atoms with Crippen molar-refractivity contribution in [3.63, 3.8) is 0 Å². The molecule has 0 radical (unpaired) electrons. The van der Waals surface area contributed by atoms with E-state index in [4.69, 9.17) is 5.73 Å². The normalized spacial score (nSPS) is 13.4. The van der Waals surface area contributed by atoms with Crippen molar-refractivity contribution in [3.05, 3.63) is 0 Å². The molecule has 0 aromatic rings. The summed E-state index contributed by atoms with van der Waals surface area (Å²) < 4.78 is 0. The third kappa shape index (κ3) is 6.66. The van der Waals surface area contributed by atoms with Gasteiger partial charge in [-0.05, 0) is 32.2 Å². The Kier molecular flexibility index (Phi) is 8.57. The molecule has 0 saturated heterocycles. The van der Waals surface area contributed by atoms with Gasteiger partial charge in [0.2, 0.25) is 0 Å². The minimum Gasteiger partial charge on any atom is -0.330 e. The topological polar surface area (TPSA) is 38.0 Å². The van der Waals surface area contributed by atoms with E-state index < -0.39 is 0 Å². The van der Waals surface area contributed by atoms with Crippen LogP contribution in [0.1, 0.15) is 19.8 Å². The van der Waals surface area contributed by atoms with Crippen LogP contribution in [0.4, 0.5) is 0 Å². The zero-order valence-electron chi connectivity index (χ0n) is 7.60. The molecule has 2 nitrogen and oxygen atoms in total. The molecule has 0 aromatic carbocycles. The van der Waals surface area contributed by atoms with Gasteiger partial charge < -0.3 is 11.1 Å². The molecular weight excluding hydrogens is 156 g/mol. The lowest BCUT2D eigenvalue weighted by atomic mass is 10.2. The van der Waals surface area contributed by atoms with Crippen LogP contribution in [0.5, 0.6) is 0 Å². The second-order valence-corrected chi connectivity index (χ2v) is 3.57. The minimum absolute atomic E-state index is 0.677. The van der Waals surface area contributed by atoms with E-state index in [1.807, 2.05) is 11.8 Å². The highest BCUT2D eigenvalue weighted by Crippen LogP contribution is 2.00. The van der Waals surface area contributed by atoms with Gasteiger partial charge in [0.1, 0.15) is 0 Å². The van der Waals surface area contributed by atoms with E-state index in [-0.39, 0.29) is 0 Å². The number of hydrogen-bond donors (Lipinski definition) is 2. The molecule has 0 amide bonds. The maximum Gasteiger partial charge on any atom is 0.0155 e. The molecule has 11 heavy (non-hydrogen) atoms. The van der Waals surface area contributed by atoms with Crippen molar-refractivity contribution in [1.82, 2.24) is 5.32 Å². The van der Waals surface area contributed by atoms with Gasteiger partial charge in [-0.3, -0.25) is 0 Å². The first kappa shape index (κ1) is 11.3. The lowest BCUT2D eigenvalue weighted by molar-refractivity contribution is 0.533. The maximum absolute atomic E-state index is 5.38. The van der Waals surface area contributed by atoms with E-state index in [0.717, 1.165) is 19.5 Å². The van der Waals surface area contributed by atoms with Crippen LogP contribution < -0.4 is 11.1 Å². The average Bonchev–Trinajstić information content (AvgIpc) is 2.03. The van der Waals surface area contributed by atoms with Crippen LogP contribution in [0.2, 0.25) is 0 Å². The van der Waals surface area contributed by atoms with Crippen LogP contribution in [-0.4, -0.2) is 31.1 Å². The molecule has 0 heterocycles. The van der Waals surface area contributed by atoms with Crippen LogP contribution in [0.3, 0.4) is 0 Å². The summed E-state index contributed by atoms with van der Waals surface area (Å²) in [5.41, 5.74) is 5.38. The maximum atomic E-state index is 5.38. The predicted molar refractivity (Wildman–Crippen MR) is 54.1 cm³/mol. The van der Waals surface area contributed by atoms with E-state index in [9.17, 15) is 0 Å². The van der Waals surface area contributed by atoms with Crippen molar-refractivity contribution in [2.45, 2.75) is 25.8 Å². The highest BCUT2D eigenvalue weighted by atomic mass is 32.2. The fraction of sp³-hybridized carbons (Fsp3) is 1.00. The Morgan fingerprint density at radius 1 is 1.55 bits per heavy atom. The Bertz CT molecular complexity index is 78.5. The molecule has 3 N–H and O–H groups in total. The Morgan fingerprint density at radius 3 is 2.73 bits per heavy atom. The van der Waals surface area contributed by atoms with Gasteiger partial charge in [0.05, 0.1) is 0 Å². The molecule has 1 unspecified atom stereocenters. The molecule has 0 spiro atoms. The van der Waals surface area contributed by atoms with Gasteiger partial charge in [0, 0.05) is 11.8 Å². The number of nitrogens with two attached hydrogens (primary N) is 1. The van der Waals surface area contributed by atoms with E-state index in [1.165, 1.54) is 12.2 Å². The zero-order chi connectivity index (χ0) is 8.53. The number of nitrogens with one attached hydrogen (secondary N) is 1. The molecule has 0 bridgehead atoms. The summed E-state index contributed by atoms with van der Waals surface area (Å²) in [5, 5.41) is 3.47. The first-order valence-electron chi connectivity index (χ1n) is 4.27. The van der Waals surface area contributed by atoms with Gasteiger partial charge in [-0.25, -0.2) is 0 Å². The molecule has 1 atom stereocenters. The highest BCUT2D eigenvalue weighted by Gasteiger charge is 2.01. The first-order chi connectivity index (χ1) is 5.35. The van der Waals surface area contributed by atoms with Gasteiger partial charge in [-0.1, -0.05) is 6.92 Å². The smallest absolute Gasteiger partial charge is 0.0155 e. The summed E-state index contributed by atoms with van der Waals surface area (Å²) in [5.74, 6) is 1.21. The van der Waals surface area contributed by atoms with Crippen molar-refractivity contribution < 1.29 is 0 Å². The van der Waals surface area contributed by atoms with E-state index in [1.54, 1.807) is 0 Å². The molecule has 0 saturated carbocycles. The summed E-state index contributed by atoms with van der Waals surface area (Å²) in [6.45, 7) is 4.08. The Balaban J connectivity index is 3.20. The average molecular weight is 176 g/mol. The molecular formula is C8H20N2S. The summed E-state index contributed by atoms with van der Waals surface area (Å²) in [6.07, 6.45) is 4.45. The first-order valence-corrected chi connectivity index (χ1v) is 5.66. The summed E-state index contributed by atoms with van der Waals surface area (Å²) >= 11 is 1.90. The van der Waals surface area contributed by atoms with Gasteiger partial charge in [0.25, 0.3) is 0 Å². The molecule has 0 fully saturated rings. The van der Waals surface area contributed by atoms with Crippen molar-refractivity contribution in [3.8, 4) is 0 Å². The summed E-state index contributed by atoms with van der Waals surface area (Å²) in [4.78, 5) is 0. The van der Waals surface area contributed by atoms with Crippen molar-refractivity contribution >= 4 is 11.8 Å². The molecule has 0 aliphatic carbocycles. The van der Waals surface area contributed by atoms with Crippen molar-refractivity contribution in [2.24, 2.45) is 5.73 Å². The van der Waals surface area contributed by atoms with Crippen LogP contribution in [0, 0.1) is 0 Å². The number of rotatable bonds is 7. The van der Waals surface area contributed by atoms with Crippen LogP contribution in [-0.2, 0) is 0 Å². The van der Waals surface area contributed by atoms with E-state index in [2.05, 4.69) is 18.5 Å². The number of thioether (sulfide) groups is 1. The van der Waals surface area contributed by atoms with E-state index in [0.29, 0.717) is 6.04 Å². The molecule has 0 aromatic heterocycles. The lowest BCUT2D eigenvalue weighted by Crippen LogP contribution is -2.32. The van der Waals surface area contributed by atoms with Gasteiger partial charge in [-0.2, -0.15) is 11.8 Å². The SMILES string of the molecule is CCC(CSC)NCCCN. The van der Waals surface area contributed by atoms with Gasteiger partial charge in [-0.15, -0.1) is 0 Å². The zero-order valence-corrected chi connectivity index (χ0v) is 8.41. The predicted octanol–water partition coefficient (Wildman–Crippen LogP) is 1.07. The van der Waals surface area contributed by atoms with Gasteiger partial charge in [0.15, 0.2) is 0 Å². The largest absolute Gasteiger partial charge is 0.330 e. The quantitative estimate of drug-likeness (QED) is 0.570. The summed E-state index contributed by atoms with van der Waals surface area (Å²) in [6, 6.07) is 0.677. The fourth-order valence-electron chi connectivity index (χ4n) is 0.931. The summed E-state index contributed by atoms with van der Waals surface area (Å²) in [7, 11) is 0. The molecule has 3 heteroatoms. The second kappa shape index (κ2) is 8.37. The van der Waals surface area contributed by atoms with Crippen LogP contribution in [0.25, 0.3) is 0 Å². The monoisotopic (exact) mass is 176 g/mol. The fourth-order valence-corrected chi connectivity index (χ4v) is 1.69. The lowest BCUT2D eigenvalue weighted by Gasteiger charge is -2.14. The Hall–Kier alpha value is 0.270. The number of hydrogen-bond acceptors (Lipinski definition) is 3. The Labute approximate surface area is 74.3 Å². The highest BCUT2D eigenvalue weighted by molar-refractivity contribution is 7.98. The van der Waals surface area contributed by atoms with Crippen LogP contribution in [0.15, 0.2) is 0 Å². The third-order valence-corrected chi connectivity index (χ3v) is 2.41. The van der Waals surface area contributed by atoms with E-state index >= 15 is 0 Å². The minimum atomic E-state index is 0.677. The molecule has 0 aliphatic rings. The molecule has 0 rings (SSSR count). The standard InChI is InChI=1S/C8H20N2S/c1-3-8(7-11-2)10-6-4-5-9/h8,10H,3-7,9H2,1-2H3.